The Kier molecular flexibility index (Phi) is 6.45. The second kappa shape index (κ2) is 8.85. The van der Waals surface area contributed by atoms with Crippen molar-refractivity contribution in [2.24, 2.45) is 0 Å². The molecule has 0 radical (unpaired) electrons. The fourth-order valence-corrected chi connectivity index (χ4v) is 2.06. The SMILES string of the molecule is O=C(NC[C@H](O)CCc1ccccc1)OCc1ccccc1. The maximum Gasteiger partial charge on any atom is 0.407 e. The third kappa shape index (κ3) is 5.97. The highest BCUT2D eigenvalue weighted by molar-refractivity contribution is 5.67. The summed E-state index contributed by atoms with van der Waals surface area (Å²) in [4.78, 5) is 11.6. The summed E-state index contributed by atoms with van der Waals surface area (Å²) in [5.74, 6) is 0. The quantitative estimate of drug-likeness (QED) is 0.826. The summed E-state index contributed by atoms with van der Waals surface area (Å²) in [5.41, 5.74) is 2.11. The van der Waals surface area contributed by atoms with Crippen LogP contribution < -0.4 is 5.32 Å². The van der Waals surface area contributed by atoms with Gasteiger partial charge in [-0.1, -0.05) is 60.7 Å². The van der Waals surface area contributed by atoms with E-state index in [2.05, 4.69) is 5.32 Å². The summed E-state index contributed by atoms with van der Waals surface area (Å²) in [6.45, 7) is 0.424. The van der Waals surface area contributed by atoms with Crippen LogP contribution in [0.15, 0.2) is 60.7 Å². The highest BCUT2D eigenvalue weighted by Gasteiger charge is 2.08. The van der Waals surface area contributed by atoms with Gasteiger partial charge in [0, 0.05) is 6.54 Å². The summed E-state index contributed by atoms with van der Waals surface area (Å²) in [6, 6.07) is 19.4. The number of carbonyl (C=O) groups is 1. The van der Waals surface area contributed by atoms with Crippen molar-refractivity contribution in [1.82, 2.24) is 5.32 Å². The second-order valence-electron chi connectivity index (χ2n) is 5.12. The van der Waals surface area contributed by atoms with Gasteiger partial charge in [0.25, 0.3) is 0 Å². The molecule has 0 aromatic heterocycles. The predicted molar refractivity (Wildman–Crippen MR) is 85.4 cm³/mol. The molecule has 2 N–H and O–H groups in total. The molecule has 0 saturated heterocycles. The standard InChI is InChI=1S/C18H21NO3/c20-17(12-11-15-7-3-1-4-8-15)13-19-18(21)22-14-16-9-5-2-6-10-16/h1-10,17,20H,11-14H2,(H,19,21)/t17-/m1/s1. The zero-order valence-electron chi connectivity index (χ0n) is 12.4. The van der Waals surface area contributed by atoms with Crippen molar-refractivity contribution in [2.75, 3.05) is 6.54 Å². The zero-order valence-corrected chi connectivity index (χ0v) is 12.4. The first-order valence-corrected chi connectivity index (χ1v) is 7.40. The first-order chi connectivity index (χ1) is 10.7. The number of amides is 1. The molecule has 4 heteroatoms. The molecule has 116 valence electrons. The number of aliphatic hydroxyl groups excluding tert-OH is 1. The van der Waals surface area contributed by atoms with Crippen molar-refractivity contribution in [3.63, 3.8) is 0 Å². The van der Waals surface area contributed by atoms with Crippen LogP contribution in [-0.4, -0.2) is 23.8 Å². The molecule has 1 atom stereocenters. The summed E-state index contributed by atoms with van der Waals surface area (Å²) in [6.07, 6.45) is 0.290. The number of ether oxygens (including phenoxy) is 1. The molecule has 0 aliphatic rings. The molecular formula is C18H21NO3. The van der Waals surface area contributed by atoms with Gasteiger partial charge in [-0.15, -0.1) is 0 Å². The minimum absolute atomic E-state index is 0.195. The fourth-order valence-electron chi connectivity index (χ4n) is 2.06. The smallest absolute Gasteiger partial charge is 0.407 e. The van der Waals surface area contributed by atoms with E-state index < -0.39 is 12.2 Å². The average molecular weight is 299 g/mol. The van der Waals surface area contributed by atoms with Crippen LogP contribution in [0.5, 0.6) is 0 Å². The van der Waals surface area contributed by atoms with E-state index in [1.54, 1.807) is 0 Å². The summed E-state index contributed by atoms with van der Waals surface area (Å²) in [5, 5.41) is 12.5. The van der Waals surface area contributed by atoms with Gasteiger partial charge < -0.3 is 15.2 Å². The molecule has 4 nitrogen and oxygen atoms in total. The van der Waals surface area contributed by atoms with Crippen LogP contribution >= 0.6 is 0 Å². The Morgan fingerprint density at radius 1 is 1.00 bits per heavy atom. The Morgan fingerprint density at radius 3 is 2.23 bits per heavy atom. The average Bonchev–Trinajstić information content (AvgIpc) is 2.58. The van der Waals surface area contributed by atoms with Crippen molar-refractivity contribution in [2.45, 2.75) is 25.6 Å². The number of aliphatic hydroxyl groups is 1. The first-order valence-electron chi connectivity index (χ1n) is 7.40. The summed E-state index contributed by atoms with van der Waals surface area (Å²) in [7, 11) is 0. The molecule has 0 unspecified atom stereocenters. The number of alkyl carbamates (subject to hydrolysis) is 1. The zero-order chi connectivity index (χ0) is 15.6. The molecule has 0 aliphatic heterocycles. The Hall–Kier alpha value is -2.33. The molecule has 0 bridgehead atoms. The Labute approximate surface area is 130 Å². The van der Waals surface area contributed by atoms with Crippen LogP contribution in [0.4, 0.5) is 4.79 Å². The van der Waals surface area contributed by atoms with Gasteiger partial charge in [0.2, 0.25) is 0 Å². The highest BCUT2D eigenvalue weighted by Crippen LogP contribution is 2.05. The van der Waals surface area contributed by atoms with Gasteiger partial charge in [-0.3, -0.25) is 0 Å². The summed E-state index contributed by atoms with van der Waals surface area (Å²) < 4.78 is 5.08. The van der Waals surface area contributed by atoms with E-state index in [9.17, 15) is 9.90 Å². The number of benzene rings is 2. The van der Waals surface area contributed by atoms with Crippen molar-refractivity contribution in [1.29, 1.82) is 0 Å². The van der Waals surface area contributed by atoms with E-state index in [-0.39, 0.29) is 13.2 Å². The van der Waals surface area contributed by atoms with E-state index in [4.69, 9.17) is 4.74 Å². The number of aryl methyl sites for hydroxylation is 1. The topological polar surface area (TPSA) is 58.6 Å². The summed E-state index contributed by atoms with van der Waals surface area (Å²) >= 11 is 0. The van der Waals surface area contributed by atoms with Gasteiger partial charge in [-0.2, -0.15) is 0 Å². The van der Waals surface area contributed by atoms with Gasteiger partial charge in [0.15, 0.2) is 0 Å². The van der Waals surface area contributed by atoms with E-state index in [1.165, 1.54) is 5.56 Å². The number of carbonyl (C=O) groups excluding carboxylic acids is 1. The molecule has 2 aromatic carbocycles. The molecular weight excluding hydrogens is 278 g/mol. The van der Waals surface area contributed by atoms with E-state index >= 15 is 0 Å². The maximum atomic E-state index is 11.6. The van der Waals surface area contributed by atoms with Gasteiger partial charge in [0.1, 0.15) is 6.61 Å². The molecule has 0 aliphatic carbocycles. The monoisotopic (exact) mass is 299 g/mol. The third-order valence-corrected chi connectivity index (χ3v) is 3.30. The largest absolute Gasteiger partial charge is 0.445 e. The molecule has 0 fully saturated rings. The third-order valence-electron chi connectivity index (χ3n) is 3.30. The highest BCUT2D eigenvalue weighted by atomic mass is 16.5. The van der Waals surface area contributed by atoms with Gasteiger partial charge in [-0.25, -0.2) is 4.79 Å². The van der Waals surface area contributed by atoms with E-state index in [1.807, 2.05) is 60.7 Å². The lowest BCUT2D eigenvalue weighted by atomic mass is 10.1. The van der Waals surface area contributed by atoms with Crippen LogP contribution in [0.2, 0.25) is 0 Å². The van der Waals surface area contributed by atoms with Crippen LogP contribution in [0, 0.1) is 0 Å². The van der Waals surface area contributed by atoms with Crippen LogP contribution in [0.1, 0.15) is 17.5 Å². The van der Waals surface area contributed by atoms with Crippen molar-refractivity contribution in [3.05, 3.63) is 71.8 Å². The lowest BCUT2D eigenvalue weighted by Gasteiger charge is -2.12. The molecule has 2 rings (SSSR count). The number of nitrogens with one attached hydrogen (secondary N) is 1. The lowest BCUT2D eigenvalue weighted by Crippen LogP contribution is -2.32. The predicted octanol–water partition coefficient (Wildman–Crippen LogP) is 2.91. The molecule has 0 heterocycles. The van der Waals surface area contributed by atoms with E-state index in [0.29, 0.717) is 6.42 Å². The van der Waals surface area contributed by atoms with Crippen LogP contribution in [0.25, 0.3) is 0 Å². The first kappa shape index (κ1) is 16.0. The van der Waals surface area contributed by atoms with Crippen LogP contribution in [-0.2, 0) is 17.8 Å². The number of hydrogen-bond acceptors (Lipinski definition) is 3. The molecule has 22 heavy (non-hydrogen) atoms. The second-order valence-corrected chi connectivity index (χ2v) is 5.12. The molecule has 1 amide bonds. The minimum Gasteiger partial charge on any atom is -0.445 e. The van der Waals surface area contributed by atoms with Crippen molar-refractivity contribution < 1.29 is 14.6 Å². The molecule has 2 aromatic rings. The Balaban J connectivity index is 1.61. The van der Waals surface area contributed by atoms with Crippen molar-refractivity contribution in [3.8, 4) is 0 Å². The maximum absolute atomic E-state index is 11.6. The van der Waals surface area contributed by atoms with Crippen LogP contribution in [0.3, 0.4) is 0 Å². The van der Waals surface area contributed by atoms with Gasteiger partial charge >= 0.3 is 6.09 Å². The van der Waals surface area contributed by atoms with Crippen molar-refractivity contribution >= 4 is 6.09 Å². The Bertz CT molecular complexity index is 557. The van der Waals surface area contributed by atoms with E-state index in [0.717, 1.165) is 12.0 Å². The molecule has 0 saturated carbocycles. The lowest BCUT2D eigenvalue weighted by molar-refractivity contribution is 0.123. The minimum atomic E-state index is -0.579. The normalized spacial score (nSPS) is 11.7. The number of hydrogen-bond donors (Lipinski definition) is 2. The van der Waals surface area contributed by atoms with Gasteiger partial charge in [-0.05, 0) is 24.0 Å². The Morgan fingerprint density at radius 2 is 1.59 bits per heavy atom. The molecule has 0 spiro atoms. The van der Waals surface area contributed by atoms with Gasteiger partial charge in [0.05, 0.1) is 6.10 Å². The fraction of sp³-hybridized carbons (Fsp3) is 0.278. The number of rotatable bonds is 7.